The van der Waals surface area contributed by atoms with E-state index in [0.717, 1.165) is 13.1 Å². The zero-order valence-electron chi connectivity index (χ0n) is 11.3. The summed E-state index contributed by atoms with van der Waals surface area (Å²) in [6, 6.07) is 10.6. The molecule has 1 fully saturated rings. The van der Waals surface area contributed by atoms with Crippen molar-refractivity contribution in [3.8, 4) is 0 Å². The van der Waals surface area contributed by atoms with Crippen LogP contribution < -0.4 is 0 Å². The lowest BCUT2D eigenvalue weighted by atomic mass is 9.78. The van der Waals surface area contributed by atoms with Crippen molar-refractivity contribution in [2.75, 3.05) is 13.1 Å². The Morgan fingerprint density at radius 1 is 1.06 bits per heavy atom. The summed E-state index contributed by atoms with van der Waals surface area (Å²) in [5.41, 5.74) is 0.572. The molecule has 0 spiro atoms. The highest BCUT2D eigenvalue weighted by molar-refractivity contribution is 5.23. The van der Waals surface area contributed by atoms with Gasteiger partial charge in [0.05, 0.1) is 5.60 Å². The molecule has 0 bridgehead atoms. The van der Waals surface area contributed by atoms with Gasteiger partial charge in [0.25, 0.3) is 0 Å². The molecule has 2 heteroatoms. The topological polar surface area (TPSA) is 23.5 Å². The van der Waals surface area contributed by atoms with E-state index < -0.39 is 5.60 Å². The van der Waals surface area contributed by atoms with Crippen LogP contribution in [0.2, 0.25) is 0 Å². The minimum Gasteiger partial charge on any atom is -0.389 e. The molecule has 0 aromatic heterocycles. The van der Waals surface area contributed by atoms with Crippen molar-refractivity contribution in [1.29, 1.82) is 0 Å². The summed E-state index contributed by atoms with van der Waals surface area (Å²) in [7, 11) is 0. The van der Waals surface area contributed by atoms with Gasteiger partial charge in [-0.25, -0.2) is 0 Å². The number of hydrogen-bond acceptors (Lipinski definition) is 2. The number of hydrogen-bond donors (Lipinski definition) is 1. The van der Waals surface area contributed by atoms with Gasteiger partial charge in [0.1, 0.15) is 0 Å². The van der Waals surface area contributed by atoms with Crippen LogP contribution in [-0.4, -0.2) is 34.2 Å². The molecule has 0 aliphatic carbocycles. The molecule has 94 valence electrons. The quantitative estimate of drug-likeness (QED) is 0.867. The van der Waals surface area contributed by atoms with Crippen molar-refractivity contribution in [1.82, 2.24) is 4.90 Å². The third-order valence-corrected chi connectivity index (χ3v) is 4.44. The molecule has 2 rings (SSSR count). The van der Waals surface area contributed by atoms with Crippen molar-refractivity contribution in [2.24, 2.45) is 0 Å². The first kappa shape index (κ1) is 12.6. The lowest BCUT2D eigenvalue weighted by Gasteiger charge is -2.54. The maximum Gasteiger partial charge on any atom is 0.0769 e. The number of rotatable bonds is 3. The van der Waals surface area contributed by atoms with Gasteiger partial charge in [0.2, 0.25) is 0 Å². The Morgan fingerprint density at radius 3 is 2.06 bits per heavy atom. The molecule has 17 heavy (non-hydrogen) atoms. The molecule has 0 unspecified atom stereocenters. The van der Waals surface area contributed by atoms with Crippen LogP contribution in [0.4, 0.5) is 0 Å². The zero-order valence-corrected chi connectivity index (χ0v) is 11.3. The molecule has 1 heterocycles. The van der Waals surface area contributed by atoms with Crippen molar-refractivity contribution in [2.45, 2.75) is 44.8 Å². The zero-order chi connectivity index (χ0) is 12.7. The average molecular weight is 233 g/mol. The van der Waals surface area contributed by atoms with Crippen molar-refractivity contribution in [3.05, 3.63) is 35.9 Å². The van der Waals surface area contributed by atoms with E-state index >= 15 is 0 Å². The second-order valence-corrected chi connectivity index (χ2v) is 6.13. The predicted molar refractivity (Wildman–Crippen MR) is 71.1 cm³/mol. The first-order valence-electron chi connectivity index (χ1n) is 6.35. The summed E-state index contributed by atoms with van der Waals surface area (Å²) in [5.74, 6) is 0.623. The van der Waals surface area contributed by atoms with Crippen LogP contribution in [-0.2, 0) is 0 Å². The fourth-order valence-corrected chi connectivity index (χ4v) is 2.26. The van der Waals surface area contributed by atoms with Crippen LogP contribution in [0.5, 0.6) is 0 Å². The van der Waals surface area contributed by atoms with E-state index in [0.29, 0.717) is 5.92 Å². The number of nitrogens with zero attached hydrogens (tertiary/aromatic N) is 1. The molecular formula is C15H23NO. The van der Waals surface area contributed by atoms with E-state index in [-0.39, 0.29) is 5.54 Å². The highest BCUT2D eigenvalue weighted by Gasteiger charge is 2.45. The van der Waals surface area contributed by atoms with Gasteiger partial charge in [-0.15, -0.1) is 0 Å². The monoisotopic (exact) mass is 233 g/mol. The van der Waals surface area contributed by atoms with Crippen LogP contribution in [0, 0.1) is 0 Å². The van der Waals surface area contributed by atoms with Crippen molar-refractivity contribution in [3.63, 3.8) is 0 Å². The van der Waals surface area contributed by atoms with E-state index in [2.05, 4.69) is 49.1 Å². The van der Waals surface area contributed by atoms with Gasteiger partial charge in [-0.05, 0) is 33.3 Å². The van der Waals surface area contributed by atoms with E-state index in [4.69, 9.17) is 0 Å². The SMILES string of the molecule is CC(C)(O)C(C)(C)N1CC(c2ccccc2)C1. The molecule has 0 amide bonds. The van der Waals surface area contributed by atoms with Gasteiger partial charge in [0.15, 0.2) is 0 Å². The molecular weight excluding hydrogens is 210 g/mol. The molecule has 1 aromatic carbocycles. The predicted octanol–water partition coefficient (Wildman–Crippen LogP) is 2.64. The Labute approximate surface area is 104 Å². The second kappa shape index (κ2) is 4.11. The summed E-state index contributed by atoms with van der Waals surface area (Å²) in [5, 5.41) is 10.2. The van der Waals surface area contributed by atoms with Crippen LogP contribution >= 0.6 is 0 Å². The number of aliphatic hydroxyl groups is 1. The second-order valence-electron chi connectivity index (χ2n) is 6.13. The standard InChI is InChI=1S/C15H23NO/c1-14(2,15(3,4)17)16-10-13(11-16)12-8-6-5-7-9-12/h5-9,13,17H,10-11H2,1-4H3. The minimum absolute atomic E-state index is 0.168. The number of likely N-dealkylation sites (tertiary alicyclic amines) is 1. The summed E-state index contributed by atoms with van der Waals surface area (Å²) in [4.78, 5) is 2.37. The van der Waals surface area contributed by atoms with Crippen LogP contribution in [0.25, 0.3) is 0 Å². The third-order valence-electron chi connectivity index (χ3n) is 4.44. The van der Waals surface area contributed by atoms with Crippen molar-refractivity contribution < 1.29 is 5.11 Å². The summed E-state index contributed by atoms with van der Waals surface area (Å²) >= 11 is 0. The average Bonchev–Trinajstić information content (AvgIpc) is 2.14. The lowest BCUT2D eigenvalue weighted by molar-refractivity contribution is -0.102. The minimum atomic E-state index is -0.672. The Bertz CT molecular complexity index is 372. The van der Waals surface area contributed by atoms with Gasteiger partial charge in [0, 0.05) is 24.5 Å². The summed E-state index contributed by atoms with van der Waals surface area (Å²) in [6.45, 7) is 10.1. The fraction of sp³-hybridized carbons (Fsp3) is 0.600. The van der Waals surface area contributed by atoms with E-state index in [1.165, 1.54) is 5.56 Å². The molecule has 1 aromatic rings. The van der Waals surface area contributed by atoms with Crippen LogP contribution in [0.15, 0.2) is 30.3 Å². The van der Waals surface area contributed by atoms with E-state index in [1.807, 2.05) is 13.8 Å². The Balaban J connectivity index is 2.00. The van der Waals surface area contributed by atoms with Gasteiger partial charge in [-0.1, -0.05) is 30.3 Å². The van der Waals surface area contributed by atoms with Gasteiger partial charge in [-0.3, -0.25) is 4.90 Å². The van der Waals surface area contributed by atoms with Crippen molar-refractivity contribution >= 4 is 0 Å². The van der Waals surface area contributed by atoms with Crippen LogP contribution in [0.3, 0.4) is 0 Å². The number of benzene rings is 1. The van der Waals surface area contributed by atoms with Gasteiger partial charge in [-0.2, -0.15) is 0 Å². The smallest absolute Gasteiger partial charge is 0.0769 e. The lowest BCUT2D eigenvalue weighted by Crippen LogP contribution is -2.64. The first-order chi connectivity index (χ1) is 7.82. The maximum absolute atomic E-state index is 10.2. The molecule has 0 saturated carbocycles. The highest BCUT2D eigenvalue weighted by Crippen LogP contribution is 2.37. The highest BCUT2D eigenvalue weighted by atomic mass is 16.3. The Hall–Kier alpha value is -0.860. The Kier molecular flexibility index (Phi) is 3.04. The molecule has 1 saturated heterocycles. The molecule has 0 radical (unpaired) electrons. The van der Waals surface area contributed by atoms with Gasteiger partial charge < -0.3 is 5.11 Å². The Morgan fingerprint density at radius 2 is 1.59 bits per heavy atom. The first-order valence-corrected chi connectivity index (χ1v) is 6.35. The normalized spacial score (nSPS) is 19.1. The van der Waals surface area contributed by atoms with Gasteiger partial charge >= 0.3 is 0 Å². The molecule has 2 nitrogen and oxygen atoms in total. The molecule has 1 aliphatic heterocycles. The van der Waals surface area contributed by atoms with E-state index in [9.17, 15) is 5.11 Å². The maximum atomic E-state index is 10.2. The van der Waals surface area contributed by atoms with Crippen LogP contribution in [0.1, 0.15) is 39.2 Å². The molecule has 1 N–H and O–H groups in total. The summed E-state index contributed by atoms with van der Waals surface area (Å²) in [6.07, 6.45) is 0. The molecule has 0 atom stereocenters. The largest absolute Gasteiger partial charge is 0.389 e. The van der Waals surface area contributed by atoms with E-state index in [1.54, 1.807) is 0 Å². The summed E-state index contributed by atoms with van der Waals surface area (Å²) < 4.78 is 0. The molecule has 1 aliphatic rings. The third kappa shape index (κ3) is 2.24. The fourth-order valence-electron chi connectivity index (χ4n) is 2.26.